The number of benzene rings is 1. The Balaban J connectivity index is 1.38. The van der Waals surface area contributed by atoms with Crippen LogP contribution >= 0.6 is 0 Å². The maximum atomic E-state index is 13.2. The number of aliphatic hydroxyl groups excluding tert-OH is 1. The first-order valence-corrected chi connectivity index (χ1v) is 11.9. The minimum atomic E-state index is -0.538. The molecule has 0 saturated carbocycles. The molecule has 2 fully saturated rings. The molecule has 8 heteroatoms. The van der Waals surface area contributed by atoms with Crippen molar-refractivity contribution in [1.29, 1.82) is 0 Å². The number of fused-ring (bicyclic) bond motifs is 1. The molecular formula is C26H31N5O3. The Hall–Kier alpha value is -3.07. The predicted octanol–water partition coefficient (Wildman–Crippen LogP) is 2.92. The smallest absolute Gasteiger partial charge is 0.274 e. The van der Waals surface area contributed by atoms with Gasteiger partial charge in [-0.05, 0) is 42.5 Å². The number of pyridine rings is 2. The van der Waals surface area contributed by atoms with E-state index in [1.165, 1.54) is 5.56 Å². The zero-order valence-corrected chi connectivity index (χ0v) is 19.4. The van der Waals surface area contributed by atoms with E-state index in [9.17, 15) is 9.90 Å². The first-order valence-electron chi connectivity index (χ1n) is 11.9. The molecule has 3 unspecified atom stereocenters. The normalized spacial score (nSPS) is 23.7. The van der Waals surface area contributed by atoms with Gasteiger partial charge in [0.2, 0.25) is 0 Å². The number of nitrogens with zero attached hydrogens (tertiary/aromatic N) is 3. The third-order valence-corrected chi connectivity index (χ3v) is 6.99. The molecule has 2 aromatic heterocycles. The van der Waals surface area contributed by atoms with Crippen molar-refractivity contribution in [3.05, 3.63) is 60.0 Å². The van der Waals surface area contributed by atoms with Crippen molar-refractivity contribution in [3.63, 3.8) is 0 Å². The number of rotatable bonds is 4. The number of hydrogen-bond donors (Lipinski definition) is 3. The van der Waals surface area contributed by atoms with E-state index < -0.39 is 6.10 Å². The molecule has 1 aromatic carbocycles. The second-order valence-electron chi connectivity index (χ2n) is 9.42. The Morgan fingerprint density at radius 1 is 1.18 bits per heavy atom. The SMILES string of the molecule is CC1CN(c2ccncc2NC(=O)c2ccc3ccc(C4CCOCC4)cc3n2)CC(N)C1O. The van der Waals surface area contributed by atoms with Gasteiger partial charge in [0.15, 0.2) is 0 Å². The number of amides is 1. The third kappa shape index (κ3) is 4.61. The summed E-state index contributed by atoms with van der Waals surface area (Å²) in [6, 6.07) is 11.5. The molecule has 4 heterocycles. The molecule has 2 aliphatic rings. The van der Waals surface area contributed by atoms with Gasteiger partial charge in [-0.15, -0.1) is 0 Å². The molecule has 4 N–H and O–H groups in total. The fourth-order valence-electron chi connectivity index (χ4n) is 5.00. The molecule has 5 rings (SSSR count). The van der Waals surface area contributed by atoms with Crippen LogP contribution in [0.3, 0.4) is 0 Å². The molecule has 2 saturated heterocycles. The van der Waals surface area contributed by atoms with E-state index in [-0.39, 0.29) is 17.9 Å². The third-order valence-electron chi connectivity index (χ3n) is 6.99. The maximum Gasteiger partial charge on any atom is 0.274 e. The van der Waals surface area contributed by atoms with Gasteiger partial charge in [0.05, 0.1) is 29.2 Å². The Morgan fingerprint density at radius 3 is 2.76 bits per heavy atom. The van der Waals surface area contributed by atoms with Crippen molar-refractivity contribution < 1.29 is 14.6 Å². The van der Waals surface area contributed by atoms with Crippen LogP contribution in [-0.4, -0.2) is 59.4 Å². The summed E-state index contributed by atoms with van der Waals surface area (Å²) in [5.41, 5.74) is 9.99. The molecule has 0 spiro atoms. The average molecular weight is 462 g/mol. The van der Waals surface area contributed by atoms with E-state index in [0.29, 0.717) is 30.4 Å². The van der Waals surface area contributed by atoms with E-state index in [1.807, 2.05) is 19.1 Å². The lowest BCUT2D eigenvalue weighted by Crippen LogP contribution is -2.55. The fraction of sp³-hybridized carbons (Fsp3) is 0.423. The van der Waals surface area contributed by atoms with Crippen LogP contribution in [0.2, 0.25) is 0 Å². The van der Waals surface area contributed by atoms with Crippen molar-refractivity contribution in [3.8, 4) is 0 Å². The van der Waals surface area contributed by atoms with Crippen molar-refractivity contribution in [2.75, 3.05) is 36.5 Å². The molecule has 0 bridgehead atoms. The zero-order valence-electron chi connectivity index (χ0n) is 19.4. The predicted molar refractivity (Wildman–Crippen MR) is 132 cm³/mol. The van der Waals surface area contributed by atoms with Gasteiger partial charge in [-0.2, -0.15) is 0 Å². The monoisotopic (exact) mass is 461 g/mol. The summed E-state index contributed by atoms with van der Waals surface area (Å²) in [6.07, 6.45) is 4.80. The first-order chi connectivity index (χ1) is 16.5. The minimum absolute atomic E-state index is 0.0209. The van der Waals surface area contributed by atoms with Gasteiger partial charge < -0.3 is 25.8 Å². The second kappa shape index (κ2) is 9.66. The van der Waals surface area contributed by atoms with Gasteiger partial charge in [0.25, 0.3) is 5.91 Å². The maximum absolute atomic E-state index is 13.2. The summed E-state index contributed by atoms with van der Waals surface area (Å²) >= 11 is 0. The van der Waals surface area contributed by atoms with Gasteiger partial charge in [-0.25, -0.2) is 4.98 Å². The van der Waals surface area contributed by atoms with Crippen LogP contribution in [-0.2, 0) is 4.74 Å². The molecule has 0 aliphatic carbocycles. The van der Waals surface area contributed by atoms with Crippen LogP contribution in [0.15, 0.2) is 48.8 Å². The number of carbonyl (C=O) groups excluding carboxylic acids is 1. The van der Waals surface area contributed by atoms with E-state index >= 15 is 0 Å². The van der Waals surface area contributed by atoms with E-state index in [2.05, 4.69) is 38.4 Å². The number of ether oxygens (including phenoxy) is 1. The molecular weight excluding hydrogens is 430 g/mol. The van der Waals surface area contributed by atoms with Gasteiger partial charge >= 0.3 is 0 Å². The zero-order chi connectivity index (χ0) is 23.7. The molecule has 34 heavy (non-hydrogen) atoms. The van der Waals surface area contributed by atoms with Crippen molar-refractivity contribution >= 4 is 28.2 Å². The number of aliphatic hydroxyl groups is 1. The minimum Gasteiger partial charge on any atom is -0.391 e. The standard InChI is InChI=1S/C26H31N5O3/c1-16-14-31(15-20(27)25(16)32)24-6-9-28-13-23(24)30-26(33)21-5-4-18-2-3-19(12-22(18)29-21)17-7-10-34-11-8-17/h2-6,9,12-13,16-17,20,25,32H,7-8,10-11,14-15,27H2,1H3,(H,30,33). The van der Waals surface area contributed by atoms with Crippen LogP contribution in [0.25, 0.3) is 10.9 Å². The van der Waals surface area contributed by atoms with Gasteiger partial charge in [0, 0.05) is 49.8 Å². The summed E-state index contributed by atoms with van der Waals surface area (Å²) in [5.74, 6) is 0.196. The molecule has 3 aromatic rings. The second-order valence-corrected chi connectivity index (χ2v) is 9.42. The van der Waals surface area contributed by atoms with E-state index in [0.717, 1.165) is 42.6 Å². The van der Waals surface area contributed by atoms with Crippen molar-refractivity contribution in [2.45, 2.75) is 37.8 Å². The summed E-state index contributed by atoms with van der Waals surface area (Å²) in [7, 11) is 0. The molecule has 2 aliphatic heterocycles. The summed E-state index contributed by atoms with van der Waals surface area (Å²) < 4.78 is 5.49. The van der Waals surface area contributed by atoms with Crippen LogP contribution in [0, 0.1) is 5.92 Å². The van der Waals surface area contributed by atoms with E-state index in [1.54, 1.807) is 18.5 Å². The average Bonchev–Trinajstić information content (AvgIpc) is 2.87. The molecule has 178 valence electrons. The number of aromatic nitrogens is 2. The van der Waals surface area contributed by atoms with Gasteiger partial charge in [-0.3, -0.25) is 9.78 Å². The number of anilines is 2. The highest BCUT2D eigenvalue weighted by molar-refractivity contribution is 6.05. The number of carbonyl (C=O) groups is 1. The highest BCUT2D eigenvalue weighted by atomic mass is 16.5. The van der Waals surface area contributed by atoms with Crippen LogP contribution in [0.1, 0.15) is 41.7 Å². The highest BCUT2D eigenvalue weighted by Crippen LogP contribution is 2.31. The summed E-state index contributed by atoms with van der Waals surface area (Å²) in [6.45, 7) is 4.69. The van der Waals surface area contributed by atoms with Gasteiger partial charge in [0.1, 0.15) is 5.69 Å². The molecule has 8 nitrogen and oxygen atoms in total. The van der Waals surface area contributed by atoms with Crippen LogP contribution in [0.4, 0.5) is 11.4 Å². The quantitative estimate of drug-likeness (QED) is 0.547. The Bertz CT molecular complexity index is 1170. The Labute approximate surface area is 199 Å². The number of nitrogens with one attached hydrogen (secondary N) is 1. The number of hydrogen-bond acceptors (Lipinski definition) is 7. The molecule has 1 amide bonds. The van der Waals surface area contributed by atoms with Crippen molar-refractivity contribution in [1.82, 2.24) is 9.97 Å². The highest BCUT2D eigenvalue weighted by Gasteiger charge is 2.32. The van der Waals surface area contributed by atoms with Gasteiger partial charge in [-0.1, -0.05) is 25.1 Å². The topological polar surface area (TPSA) is 114 Å². The molecule has 3 atom stereocenters. The Morgan fingerprint density at radius 2 is 1.97 bits per heavy atom. The summed E-state index contributed by atoms with van der Waals surface area (Å²) in [5, 5.41) is 14.2. The van der Waals surface area contributed by atoms with Crippen molar-refractivity contribution in [2.24, 2.45) is 11.7 Å². The van der Waals surface area contributed by atoms with E-state index in [4.69, 9.17) is 10.5 Å². The summed E-state index contributed by atoms with van der Waals surface area (Å²) in [4.78, 5) is 24.1. The van der Waals surface area contributed by atoms with Crippen LogP contribution in [0.5, 0.6) is 0 Å². The lowest BCUT2D eigenvalue weighted by atomic mass is 9.91. The fourth-order valence-corrected chi connectivity index (χ4v) is 5.00. The largest absolute Gasteiger partial charge is 0.391 e. The Kier molecular flexibility index (Phi) is 6.45. The number of nitrogens with two attached hydrogens (primary N) is 1. The number of piperidine rings is 1. The first kappa shape index (κ1) is 22.7. The lowest BCUT2D eigenvalue weighted by molar-refractivity contribution is 0.0785. The van der Waals surface area contributed by atoms with Crippen LogP contribution < -0.4 is 16.0 Å². The molecule has 0 radical (unpaired) electrons. The lowest BCUT2D eigenvalue weighted by Gasteiger charge is -2.40.